The third-order valence-electron chi connectivity index (χ3n) is 3.57. The molecule has 0 fully saturated rings. The molecule has 0 bridgehead atoms. The standard InChI is InChI=1S/C15H20N2O/c1-5-15(18)17-9-13-7-12(10(2)3)8-16-14(13)6-11(17)4/h5,7-8,10-11H,1,6,9H2,2-4H3. The fourth-order valence-electron chi connectivity index (χ4n) is 2.34. The number of amides is 1. The smallest absolute Gasteiger partial charge is 0.246 e. The fraction of sp³-hybridized carbons (Fsp3) is 0.467. The summed E-state index contributed by atoms with van der Waals surface area (Å²) >= 11 is 0. The lowest BCUT2D eigenvalue weighted by Gasteiger charge is -2.34. The van der Waals surface area contributed by atoms with E-state index < -0.39 is 0 Å². The number of fused-ring (bicyclic) bond motifs is 1. The zero-order chi connectivity index (χ0) is 13.3. The molecule has 0 radical (unpaired) electrons. The molecule has 1 aromatic heterocycles. The van der Waals surface area contributed by atoms with Gasteiger partial charge in [-0.2, -0.15) is 0 Å². The molecule has 0 saturated heterocycles. The molecule has 1 unspecified atom stereocenters. The van der Waals surface area contributed by atoms with Crippen LogP contribution in [0.1, 0.15) is 43.5 Å². The molecule has 0 spiro atoms. The Morgan fingerprint density at radius 2 is 2.33 bits per heavy atom. The van der Waals surface area contributed by atoms with Crippen LogP contribution in [-0.4, -0.2) is 21.8 Å². The van der Waals surface area contributed by atoms with Crippen LogP contribution in [0.4, 0.5) is 0 Å². The van der Waals surface area contributed by atoms with Crippen LogP contribution in [0.2, 0.25) is 0 Å². The largest absolute Gasteiger partial charge is 0.332 e. The highest BCUT2D eigenvalue weighted by atomic mass is 16.2. The monoisotopic (exact) mass is 244 g/mol. The van der Waals surface area contributed by atoms with Crippen molar-refractivity contribution in [1.29, 1.82) is 0 Å². The Hall–Kier alpha value is -1.64. The first-order chi connectivity index (χ1) is 8.52. The van der Waals surface area contributed by atoms with Gasteiger partial charge in [-0.3, -0.25) is 9.78 Å². The van der Waals surface area contributed by atoms with E-state index >= 15 is 0 Å². The second-order valence-electron chi connectivity index (χ2n) is 5.25. The minimum atomic E-state index is 0.00287. The van der Waals surface area contributed by atoms with Crippen LogP contribution in [0.25, 0.3) is 0 Å². The summed E-state index contributed by atoms with van der Waals surface area (Å²) in [5.74, 6) is 0.466. The van der Waals surface area contributed by atoms with Gasteiger partial charge in [-0.25, -0.2) is 0 Å². The van der Waals surface area contributed by atoms with Gasteiger partial charge in [0.1, 0.15) is 0 Å². The second-order valence-corrected chi connectivity index (χ2v) is 5.25. The Kier molecular flexibility index (Phi) is 3.50. The fourth-order valence-corrected chi connectivity index (χ4v) is 2.34. The van der Waals surface area contributed by atoms with Crippen molar-refractivity contribution in [2.45, 2.75) is 45.7 Å². The first kappa shape index (κ1) is 12.8. The van der Waals surface area contributed by atoms with E-state index in [-0.39, 0.29) is 11.9 Å². The van der Waals surface area contributed by atoms with E-state index in [2.05, 4.69) is 38.4 Å². The molecule has 3 heteroatoms. The highest BCUT2D eigenvalue weighted by molar-refractivity contribution is 5.87. The van der Waals surface area contributed by atoms with Gasteiger partial charge in [0.05, 0.1) is 0 Å². The van der Waals surface area contributed by atoms with Crippen LogP contribution in [0, 0.1) is 0 Å². The number of aromatic nitrogens is 1. The van der Waals surface area contributed by atoms with Crippen molar-refractivity contribution in [1.82, 2.24) is 9.88 Å². The first-order valence-corrected chi connectivity index (χ1v) is 6.43. The SMILES string of the molecule is C=CC(=O)N1Cc2cc(C(C)C)cnc2CC1C. The number of hydrogen-bond donors (Lipinski definition) is 0. The zero-order valence-corrected chi connectivity index (χ0v) is 11.3. The zero-order valence-electron chi connectivity index (χ0n) is 11.3. The van der Waals surface area contributed by atoms with Crippen molar-refractivity contribution in [3.8, 4) is 0 Å². The topological polar surface area (TPSA) is 33.2 Å². The molecule has 1 aromatic rings. The summed E-state index contributed by atoms with van der Waals surface area (Å²) in [7, 11) is 0. The van der Waals surface area contributed by atoms with Gasteiger partial charge in [0.25, 0.3) is 0 Å². The number of carbonyl (C=O) groups excluding carboxylic acids is 1. The summed E-state index contributed by atoms with van der Waals surface area (Å²) in [6, 6.07) is 2.38. The molecule has 0 aromatic carbocycles. The summed E-state index contributed by atoms with van der Waals surface area (Å²) in [6.07, 6.45) is 4.18. The van der Waals surface area contributed by atoms with Crippen LogP contribution in [0.5, 0.6) is 0 Å². The second kappa shape index (κ2) is 4.92. The minimum absolute atomic E-state index is 0.00287. The number of rotatable bonds is 2. The molecule has 0 N–H and O–H groups in total. The first-order valence-electron chi connectivity index (χ1n) is 6.43. The van der Waals surface area contributed by atoms with Crippen molar-refractivity contribution < 1.29 is 4.79 Å². The normalized spacial score (nSPS) is 18.7. The predicted molar refractivity (Wildman–Crippen MR) is 72.2 cm³/mol. The maximum Gasteiger partial charge on any atom is 0.246 e. The Labute approximate surface area is 109 Å². The van der Waals surface area contributed by atoms with E-state index in [0.717, 1.165) is 12.1 Å². The summed E-state index contributed by atoms with van der Waals surface area (Å²) in [5, 5.41) is 0. The van der Waals surface area contributed by atoms with Crippen molar-refractivity contribution in [2.75, 3.05) is 0 Å². The third-order valence-corrected chi connectivity index (χ3v) is 3.57. The van der Waals surface area contributed by atoms with E-state index in [4.69, 9.17) is 0 Å². The molecule has 1 aliphatic rings. The average Bonchev–Trinajstić information content (AvgIpc) is 2.36. The van der Waals surface area contributed by atoms with E-state index in [1.165, 1.54) is 17.2 Å². The molecule has 18 heavy (non-hydrogen) atoms. The van der Waals surface area contributed by atoms with Crippen LogP contribution >= 0.6 is 0 Å². The summed E-state index contributed by atoms with van der Waals surface area (Å²) in [6.45, 7) is 10.6. The van der Waals surface area contributed by atoms with Gasteiger partial charge in [-0.15, -0.1) is 0 Å². The Bertz CT molecular complexity index is 479. The minimum Gasteiger partial charge on any atom is -0.332 e. The molecule has 1 atom stereocenters. The van der Waals surface area contributed by atoms with E-state index in [1.807, 2.05) is 11.1 Å². The van der Waals surface area contributed by atoms with Crippen LogP contribution in [0.15, 0.2) is 24.9 Å². The summed E-state index contributed by atoms with van der Waals surface area (Å²) in [5.41, 5.74) is 3.53. The van der Waals surface area contributed by atoms with Crippen LogP contribution in [-0.2, 0) is 17.8 Å². The van der Waals surface area contributed by atoms with E-state index in [1.54, 1.807) is 0 Å². The lowest BCUT2D eigenvalue weighted by atomic mass is 9.95. The van der Waals surface area contributed by atoms with Crippen molar-refractivity contribution >= 4 is 5.91 Å². The third kappa shape index (κ3) is 2.30. The molecule has 1 aliphatic heterocycles. The molecule has 96 valence electrons. The summed E-state index contributed by atoms with van der Waals surface area (Å²) in [4.78, 5) is 18.2. The van der Waals surface area contributed by atoms with Crippen molar-refractivity contribution in [2.24, 2.45) is 0 Å². The molecular weight excluding hydrogens is 224 g/mol. The molecule has 0 aliphatic carbocycles. The number of hydrogen-bond acceptors (Lipinski definition) is 2. The number of nitrogens with zero attached hydrogens (tertiary/aromatic N) is 2. The number of pyridine rings is 1. The maximum absolute atomic E-state index is 11.8. The van der Waals surface area contributed by atoms with Gasteiger partial charge < -0.3 is 4.90 Å². The Balaban J connectivity index is 2.32. The Morgan fingerprint density at radius 1 is 1.61 bits per heavy atom. The molecule has 2 heterocycles. The quantitative estimate of drug-likeness (QED) is 0.749. The highest BCUT2D eigenvalue weighted by Crippen LogP contribution is 2.25. The highest BCUT2D eigenvalue weighted by Gasteiger charge is 2.26. The summed E-state index contributed by atoms with van der Waals surface area (Å²) < 4.78 is 0. The van der Waals surface area contributed by atoms with Gasteiger partial charge in [0.2, 0.25) is 5.91 Å². The van der Waals surface area contributed by atoms with Gasteiger partial charge in [0.15, 0.2) is 0 Å². The lowest BCUT2D eigenvalue weighted by Crippen LogP contribution is -2.42. The maximum atomic E-state index is 11.8. The molecule has 1 amide bonds. The molecule has 2 rings (SSSR count). The van der Waals surface area contributed by atoms with Crippen LogP contribution in [0.3, 0.4) is 0 Å². The van der Waals surface area contributed by atoms with E-state index in [0.29, 0.717) is 12.5 Å². The van der Waals surface area contributed by atoms with Gasteiger partial charge >= 0.3 is 0 Å². The average molecular weight is 244 g/mol. The van der Waals surface area contributed by atoms with E-state index in [9.17, 15) is 4.79 Å². The van der Waals surface area contributed by atoms with Gasteiger partial charge in [-0.1, -0.05) is 26.5 Å². The van der Waals surface area contributed by atoms with Crippen molar-refractivity contribution in [3.63, 3.8) is 0 Å². The molecular formula is C15H20N2O. The predicted octanol–water partition coefficient (Wildman–Crippen LogP) is 2.66. The molecule has 0 saturated carbocycles. The van der Waals surface area contributed by atoms with Crippen molar-refractivity contribution in [3.05, 3.63) is 41.7 Å². The van der Waals surface area contributed by atoms with Crippen LogP contribution < -0.4 is 0 Å². The number of carbonyl (C=O) groups is 1. The Morgan fingerprint density at radius 3 is 2.94 bits per heavy atom. The molecule has 3 nitrogen and oxygen atoms in total. The van der Waals surface area contributed by atoms with Gasteiger partial charge in [0, 0.05) is 30.9 Å². The lowest BCUT2D eigenvalue weighted by molar-refractivity contribution is -0.129. The van der Waals surface area contributed by atoms with Gasteiger partial charge in [-0.05, 0) is 30.0 Å².